The first kappa shape index (κ1) is 25.1. The Balaban J connectivity index is 1.44. The van der Waals surface area contributed by atoms with Crippen molar-refractivity contribution in [1.82, 2.24) is 5.43 Å². The molecule has 184 valence electrons. The Morgan fingerprint density at radius 3 is 2.24 bits per heavy atom. The van der Waals surface area contributed by atoms with Crippen molar-refractivity contribution >= 4 is 29.7 Å². The zero-order valence-electron chi connectivity index (χ0n) is 20.4. The number of hydrogen-bond acceptors (Lipinski definition) is 5. The van der Waals surface area contributed by atoms with Gasteiger partial charge in [-0.1, -0.05) is 59.7 Å². The van der Waals surface area contributed by atoms with Gasteiger partial charge in [0.2, 0.25) is 0 Å². The molecule has 0 aliphatic rings. The number of nitrogens with one attached hydrogen (secondary N) is 2. The van der Waals surface area contributed by atoms with Crippen LogP contribution in [0.1, 0.15) is 47.8 Å². The Kier molecular flexibility index (Phi) is 7.85. The van der Waals surface area contributed by atoms with Crippen LogP contribution in [0.2, 0.25) is 0 Å². The third-order valence-electron chi connectivity index (χ3n) is 5.48. The number of hydrazone groups is 1. The second kappa shape index (κ2) is 11.6. The van der Waals surface area contributed by atoms with Gasteiger partial charge in [-0.3, -0.25) is 9.59 Å². The molecule has 37 heavy (non-hydrogen) atoms. The Bertz CT molecular complexity index is 1480. The van der Waals surface area contributed by atoms with Gasteiger partial charge in [-0.15, -0.1) is 0 Å². The van der Waals surface area contributed by atoms with Gasteiger partial charge in [-0.25, -0.2) is 10.2 Å². The van der Waals surface area contributed by atoms with Crippen molar-refractivity contribution < 1.29 is 19.1 Å². The highest BCUT2D eigenvalue weighted by Crippen LogP contribution is 2.19. The lowest BCUT2D eigenvalue weighted by Gasteiger charge is -2.10. The lowest BCUT2D eigenvalue weighted by atomic mass is 10.1. The zero-order valence-corrected chi connectivity index (χ0v) is 20.4. The lowest BCUT2D eigenvalue weighted by molar-refractivity contribution is 0.0733. The molecule has 0 spiro atoms. The van der Waals surface area contributed by atoms with E-state index < -0.39 is 11.9 Å². The van der Waals surface area contributed by atoms with E-state index in [0.717, 1.165) is 11.1 Å². The summed E-state index contributed by atoms with van der Waals surface area (Å²) in [5.41, 5.74) is 6.48. The summed E-state index contributed by atoms with van der Waals surface area (Å²) in [6.45, 7) is 3.83. The molecule has 0 radical (unpaired) electrons. The van der Waals surface area contributed by atoms with Crippen molar-refractivity contribution in [1.29, 1.82) is 0 Å². The molecule has 2 N–H and O–H groups in total. The zero-order chi connectivity index (χ0) is 26.2. The molecule has 7 heteroatoms. The summed E-state index contributed by atoms with van der Waals surface area (Å²) in [6.07, 6.45) is 1.39. The van der Waals surface area contributed by atoms with E-state index in [1.807, 2.05) is 32.0 Å². The summed E-state index contributed by atoms with van der Waals surface area (Å²) in [6, 6.07) is 27.8. The van der Waals surface area contributed by atoms with Crippen LogP contribution in [0.4, 0.5) is 5.69 Å². The first-order valence-corrected chi connectivity index (χ1v) is 11.6. The van der Waals surface area contributed by atoms with Crippen LogP contribution >= 0.6 is 0 Å². The molecule has 0 fully saturated rings. The normalized spacial score (nSPS) is 10.6. The molecule has 0 aliphatic carbocycles. The number of nitrogens with zero attached hydrogens (tertiary/aromatic N) is 1. The summed E-state index contributed by atoms with van der Waals surface area (Å²) in [7, 11) is 0. The molecule has 4 aromatic rings. The molecule has 4 rings (SSSR count). The van der Waals surface area contributed by atoms with Gasteiger partial charge in [0.05, 0.1) is 23.0 Å². The molecule has 0 unspecified atom stereocenters. The monoisotopic (exact) mass is 491 g/mol. The topological polar surface area (TPSA) is 96.9 Å². The molecule has 4 aromatic carbocycles. The maximum absolute atomic E-state index is 12.8. The highest BCUT2D eigenvalue weighted by molar-refractivity contribution is 6.09. The second-order valence-corrected chi connectivity index (χ2v) is 8.36. The molecule has 0 bridgehead atoms. The van der Waals surface area contributed by atoms with Crippen LogP contribution in [-0.2, 0) is 0 Å². The second-order valence-electron chi connectivity index (χ2n) is 8.36. The molecule has 0 atom stereocenters. The SMILES string of the molecule is Cc1ccc(C(=O)Nc2ccccc2C(=O)N/N=C\c2ccccc2OC(=O)c2cccc(C)c2)cc1. The van der Waals surface area contributed by atoms with Gasteiger partial charge < -0.3 is 10.1 Å². The highest BCUT2D eigenvalue weighted by Gasteiger charge is 2.14. The van der Waals surface area contributed by atoms with Gasteiger partial charge in [-0.2, -0.15) is 5.10 Å². The van der Waals surface area contributed by atoms with Gasteiger partial charge in [0.15, 0.2) is 0 Å². The number of aryl methyl sites for hydroxylation is 2. The van der Waals surface area contributed by atoms with E-state index in [1.165, 1.54) is 6.21 Å². The van der Waals surface area contributed by atoms with Gasteiger partial charge in [0.1, 0.15) is 5.75 Å². The number of benzene rings is 4. The quantitative estimate of drug-likeness (QED) is 0.154. The summed E-state index contributed by atoms with van der Waals surface area (Å²) in [5.74, 6) is -1.03. The third-order valence-corrected chi connectivity index (χ3v) is 5.48. The summed E-state index contributed by atoms with van der Waals surface area (Å²) in [4.78, 5) is 38.0. The Morgan fingerprint density at radius 1 is 0.730 bits per heavy atom. The maximum Gasteiger partial charge on any atom is 0.343 e. The standard InChI is InChI=1S/C30H25N3O4/c1-20-14-16-22(17-15-20)28(34)32-26-12-5-4-11-25(26)29(35)33-31-19-24-9-3-6-13-27(24)37-30(36)23-10-7-8-21(2)18-23/h3-19H,1-2H3,(H,32,34)(H,33,35)/b31-19-. The van der Waals surface area contributed by atoms with Gasteiger partial charge >= 0.3 is 5.97 Å². The number of ether oxygens (including phenoxy) is 1. The van der Waals surface area contributed by atoms with E-state index in [1.54, 1.807) is 78.9 Å². The summed E-state index contributed by atoms with van der Waals surface area (Å²) < 4.78 is 5.55. The fourth-order valence-corrected chi connectivity index (χ4v) is 3.52. The van der Waals surface area contributed by atoms with Crippen LogP contribution < -0.4 is 15.5 Å². The van der Waals surface area contributed by atoms with Gasteiger partial charge in [0, 0.05) is 11.1 Å². The van der Waals surface area contributed by atoms with Crippen molar-refractivity contribution in [2.75, 3.05) is 5.32 Å². The number of esters is 1. The smallest absolute Gasteiger partial charge is 0.343 e. The van der Waals surface area contributed by atoms with Crippen molar-refractivity contribution in [2.45, 2.75) is 13.8 Å². The molecular formula is C30H25N3O4. The predicted molar refractivity (Wildman–Crippen MR) is 143 cm³/mol. The molecule has 0 aromatic heterocycles. The number of amides is 2. The molecule has 0 aliphatic heterocycles. The van der Waals surface area contributed by atoms with Crippen LogP contribution in [0.15, 0.2) is 102 Å². The first-order valence-electron chi connectivity index (χ1n) is 11.6. The summed E-state index contributed by atoms with van der Waals surface area (Å²) >= 11 is 0. The Labute approximate surface area is 214 Å². The van der Waals surface area contributed by atoms with Crippen molar-refractivity contribution in [3.63, 3.8) is 0 Å². The van der Waals surface area contributed by atoms with E-state index in [4.69, 9.17) is 4.74 Å². The molecule has 7 nitrogen and oxygen atoms in total. The van der Waals surface area contributed by atoms with E-state index in [-0.39, 0.29) is 11.5 Å². The number of anilines is 1. The highest BCUT2D eigenvalue weighted by atomic mass is 16.5. The van der Waals surface area contributed by atoms with Gasteiger partial charge in [-0.05, 0) is 62.4 Å². The fourth-order valence-electron chi connectivity index (χ4n) is 3.52. The fraction of sp³-hybridized carbons (Fsp3) is 0.0667. The van der Waals surface area contributed by atoms with E-state index in [9.17, 15) is 14.4 Å². The largest absolute Gasteiger partial charge is 0.422 e. The van der Waals surface area contributed by atoms with Crippen LogP contribution in [0.25, 0.3) is 0 Å². The van der Waals surface area contributed by atoms with Crippen molar-refractivity contribution in [3.8, 4) is 5.75 Å². The average molecular weight is 492 g/mol. The number of rotatable bonds is 7. The third kappa shape index (κ3) is 6.55. The van der Waals surface area contributed by atoms with Crippen LogP contribution in [0.3, 0.4) is 0 Å². The minimum Gasteiger partial charge on any atom is -0.422 e. The molecular weight excluding hydrogens is 466 g/mol. The van der Waals surface area contributed by atoms with Crippen LogP contribution in [-0.4, -0.2) is 24.0 Å². The van der Waals surface area contributed by atoms with Crippen LogP contribution in [0, 0.1) is 13.8 Å². The lowest BCUT2D eigenvalue weighted by Crippen LogP contribution is -2.21. The van der Waals surface area contributed by atoms with Crippen LogP contribution in [0.5, 0.6) is 5.75 Å². The van der Waals surface area contributed by atoms with Crippen molar-refractivity contribution in [2.24, 2.45) is 5.10 Å². The van der Waals surface area contributed by atoms with E-state index in [2.05, 4.69) is 15.8 Å². The summed E-state index contributed by atoms with van der Waals surface area (Å²) in [5, 5.41) is 6.81. The Hall–Kier alpha value is -5.04. The van der Waals surface area contributed by atoms with Crippen molar-refractivity contribution in [3.05, 3.63) is 130 Å². The van der Waals surface area contributed by atoms with E-state index in [0.29, 0.717) is 28.1 Å². The number of para-hydroxylation sites is 2. The minimum absolute atomic E-state index is 0.249. The maximum atomic E-state index is 12.8. The average Bonchev–Trinajstić information content (AvgIpc) is 2.90. The molecule has 2 amide bonds. The number of carbonyl (C=O) groups excluding carboxylic acids is 3. The number of hydrogen-bond donors (Lipinski definition) is 2. The number of carbonyl (C=O) groups is 3. The van der Waals surface area contributed by atoms with Gasteiger partial charge in [0.25, 0.3) is 11.8 Å². The molecule has 0 heterocycles. The van der Waals surface area contributed by atoms with E-state index >= 15 is 0 Å². The Morgan fingerprint density at radius 2 is 1.46 bits per heavy atom. The predicted octanol–water partition coefficient (Wildman–Crippen LogP) is 5.54. The molecule has 0 saturated carbocycles. The first-order chi connectivity index (χ1) is 17.9. The molecule has 0 saturated heterocycles. The minimum atomic E-state index is -0.509.